The number of methoxy groups -OCH3 is 1. The summed E-state index contributed by atoms with van der Waals surface area (Å²) in [7, 11) is -1.92. The van der Waals surface area contributed by atoms with Crippen molar-refractivity contribution in [1.29, 1.82) is 0 Å². The van der Waals surface area contributed by atoms with Crippen molar-refractivity contribution in [3.63, 3.8) is 0 Å². The summed E-state index contributed by atoms with van der Waals surface area (Å²) in [6.07, 6.45) is 0. The summed E-state index contributed by atoms with van der Waals surface area (Å²) in [5.41, 5.74) is 7.70. The predicted octanol–water partition coefficient (Wildman–Crippen LogP) is 2.56. The topological polar surface area (TPSA) is 69.4 Å². The van der Waals surface area contributed by atoms with E-state index in [1.165, 1.54) is 0 Å². The molecule has 0 aliphatic carbocycles. The van der Waals surface area contributed by atoms with Gasteiger partial charge in [0.25, 0.3) is 0 Å². The highest BCUT2D eigenvalue weighted by Gasteiger charge is 2.18. The van der Waals surface area contributed by atoms with Gasteiger partial charge in [-0.1, -0.05) is 18.2 Å². The van der Waals surface area contributed by atoms with E-state index in [4.69, 9.17) is 10.5 Å². The Morgan fingerprint density at radius 1 is 1.15 bits per heavy atom. The molecule has 0 radical (unpaired) electrons. The standard InChI is InChI=1S/C15H17NO3S/c1-11-6-7-15(14(16)8-11)20(17,18)10-12-4-3-5-13(9-12)19-2/h3-9H,10,16H2,1-2H3. The first-order chi connectivity index (χ1) is 9.42. The highest BCUT2D eigenvalue weighted by Crippen LogP contribution is 2.24. The van der Waals surface area contributed by atoms with E-state index in [1.807, 2.05) is 6.92 Å². The van der Waals surface area contributed by atoms with Gasteiger partial charge in [0.05, 0.1) is 23.4 Å². The quantitative estimate of drug-likeness (QED) is 0.879. The van der Waals surface area contributed by atoms with Crippen LogP contribution in [0.1, 0.15) is 11.1 Å². The summed E-state index contributed by atoms with van der Waals surface area (Å²) in [6.45, 7) is 1.87. The Labute approximate surface area is 119 Å². The molecule has 4 nitrogen and oxygen atoms in total. The number of hydrogen-bond acceptors (Lipinski definition) is 4. The number of nitrogen functional groups attached to an aromatic ring is 1. The molecule has 2 N–H and O–H groups in total. The molecule has 2 aromatic rings. The Morgan fingerprint density at radius 3 is 2.55 bits per heavy atom. The Bertz CT molecular complexity index is 724. The molecule has 0 amide bonds. The molecule has 0 aliphatic rings. The molecule has 0 bridgehead atoms. The first-order valence-corrected chi connectivity index (χ1v) is 7.79. The zero-order valence-electron chi connectivity index (χ0n) is 11.5. The van der Waals surface area contributed by atoms with E-state index in [9.17, 15) is 8.42 Å². The SMILES string of the molecule is COc1cccc(CS(=O)(=O)c2ccc(C)cc2N)c1. The summed E-state index contributed by atoms with van der Waals surface area (Å²) >= 11 is 0. The minimum absolute atomic E-state index is 0.0997. The molecule has 0 atom stereocenters. The number of nitrogens with two attached hydrogens (primary N) is 1. The fraction of sp³-hybridized carbons (Fsp3) is 0.200. The minimum Gasteiger partial charge on any atom is -0.497 e. The highest BCUT2D eigenvalue weighted by molar-refractivity contribution is 7.90. The summed E-state index contributed by atoms with van der Waals surface area (Å²) in [6, 6.07) is 12.0. The zero-order chi connectivity index (χ0) is 14.8. The minimum atomic E-state index is -3.47. The van der Waals surface area contributed by atoms with Crippen LogP contribution in [-0.4, -0.2) is 15.5 Å². The summed E-state index contributed by atoms with van der Waals surface area (Å²) < 4.78 is 29.9. The van der Waals surface area contributed by atoms with Crippen LogP contribution in [-0.2, 0) is 15.6 Å². The van der Waals surface area contributed by atoms with Gasteiger partial charge in [-0.25, -0.2) is 8.42 Å². The molecule has 20 heavy (non-hydrogen) atoms. The Kier molecular flexibility index (Phi) is 3.99. The highest BCUT2D eigenvalue weighted by atomic mass is 32.2. The van der Waals surface area contributed by atoms with Crippen LogP contribution in [0.3, 0.4) is 0 Å². The van der Waals surface area contributed by atoms with Gasteiger partial charge < -0.3 is 10.5 Å². The second-order valence-electron chi connectivity index (χ2n) is 4.65. The maximum Gasteiger partial charge on any atom is 0.184 e. The van der Waals surface area contributed by atoms with Gasteiger partial charge in [-0.15, -0.1) is 0 Å². The van der Waals surface area contributed by atoms with E-state index < -0.39 is 9.84 Å². The number of aryl methyl sites for hydroxylation is 1. The van der Waals surface area contributed by atoms with Crippen molar-refractivity contribution >= 4 is 15.5 Å². The third kappa shape index (κ3) is 3.11. The zero-order valence-corrected chi connectivity index (χ0v) is 12.3. The van der Waals surface area contributed by atoms with Crippen LogP contribution in [0.2, 0.25) is 0 Å². The molecular weight excluding hydrogens is 274 g/mol. The lowest BCUT2D eigenvalue weighted by molar-refractivity contribution is 0.414. The maximum atomic E-state index is 12.4. The second kappa shape index (κ2) is 5.54. The number of rotatable bonds is 4. The van der Waals surface area contributed by atoms with Gasteiger partial charge in [0, 0.05) is 0 Å². The van der Waals surface area contributed by atoms with Gasteiger partial charge >= 0.3 is 0 Å². The van der Waals surface area contributed by atoms with Crippen LogP contribution >= 0.6 is 0 Å². The number of ether oxygens (including phenoxy) is 1. The lowest BCUT2D eigenvalue weighted by atomic mass is 10.2. The van der Waals surface area contributed by atoms with E-state index >= 15 is 0 Å². The summed E-state index contributed by atoms with van der Waals surface area (Å²) in [5.74, 6) is 0.534. The van der Waals surface area contributed by atoms with E-state index in [2.05, 4.69) is 0 Å². The smallest absolute Gasteiger partial charge is 0.184 e. The van der Waals surface area contributed by atoms with Crippen molar-refractivity contribution in [2.45, 2.75) is 17.6 Å². The average molecular weight is 291 g/mol. The van der Waals surface area contributed by atoms with E-state index in [1.54, 1.807) is 49.6 Å². The van der Waals surface area contributed by atoms with Crippen molar-refractivity contribution in [3.8, 4) is 5.75 Å². The largest absolute Gasteiger partial charge is 0.497 e. The molecule has 106 valence electrons. The third-order valence-corrected chi connectivity index (χ3v) is 4.75. The van der Waals surface area contributed by atoms with Crippen molar-refractivity contribution in [1.82, 2.24) is 0 Å². The van der Waals surface area contributed by atoms with Crippen LogP contribution in [0.25, 0.3) is 0 Å². The van der Waals surface area contributed by atoms with Crippen LogP contribution in [0.5, 0.6) is 5.75 Å². The molecule has 5 heteroatoms. The number of sulfone groups is 1. The van der Waals surface area contributed by atoms with Crippen molar-refractivity contribution in [3.05, 3.63) is 53.6 Å². The van der Waals surface area contributed by atoms with Crippen molar-refractivity contribution < 1.29 is 13.2 Å². The van der Waals surface area contributed by atoms with Gasteiger partial charge in [0.2, 0.25) is 0 Å². The van der Waals surface area contributed by atoms with Gasteiger partial charge in [0.15, 0.2) is 9.84 Å². The normalized spacial score (nSPS) is 11.3. The molecule has 2 aromatic carbocycles. The van der Waals surface area contributed by atoms with Gasteiger partial charge in [-0.2, -0.15) is 0 Å². The fourth-order valence-corrected chi connectivity index (χ4v) is 3.48. The first kappa shape index (κ1) is 14.4. The van der Waals surface area contributed by atoms with Gasteiger partial charge in [0.1, 0.15) is 5.75 Å². The number of anilines is 1. The monoisotopic (exact) mass is 291 g/mol. The van der Waals surface area contributed by atoms with Crippen LogP contribution in [0, 0.1) is 6.92 Å². The predicted molar refractivity (Wildman–Crippen MR) is 79.5 cm³/mol. The third-order valence-electron chi connectivity index (χ3n) is 2.99. The molecular formula is C15H17NO3S. The molecule has 0 saturated carbocycles. The molecule has 0 fully saturated rings. The Balaban J connectivity index is 2.35. The number of benzene rings is 2. The average Bonchev–Trinajstić information content (AvgIpc) is 2.37. The maximum absolute atomic E-state index is 12.4. The van der Waals surface area contributed by atoms with E-state index in [-0.39, 0.29) is 16.3 Å². The van der Waals surface area contributed by atoms with E-state index in [0.717, 1.165) is 5.56 Å². The summed E-state index contributed by atoms with van der Waals surface area (Å²) in [4.78, 5) is 0.172. The molecule has 0 heterocycles. The Hall–Kier alpha value is -2.01. The molecule has 0 spiro atoms. The van der Waals surface area contributed by atoms with Gasteiger partial charge in [-0.05, 0) is 42.3 Å². The lowest BCUT2D eigenvalue weighted by Crippen LogP contribution is -2.08. The van der Waals surface area contributed by atoms with Crippen LogP contribution < -0.4 is 10.5 Å². The first-order valence-electron chi connectivity index (χ1n) is 6.14. The van der Waals surface area contributed by atoms with Crippen LogP contribution in [0.4, 0.5) is 5.69 Å². The molecule has 0 unspecified atom stereocenters. The van der Waals surface area contributed by atoms with E-state index in [0.29, 0.717) is 11.3 Å². The van der Waals surface area contributed by atoms with Crippen molar-refractivity contribution in [2.24, 2.45) is 0 Å². The molecule has 2 rings (SSSR count). The van der Waals surface area contributed by atoms with Crippen LogP contribution in [0.15, 0.2) is 47.4 Å². The second-order valence-corrected chi connectivity index (χ2v) is 6.61. The van der Waals surface area contributed by atoms with Gasteiger partial charge in [-0.3, -0.25) is 0 Å². The summed E-state index contributed by atoms with van der Waals surface area (Å²) in [5, 5.41) is 0. The fourth-order valence-electron chi connectivity index (χ4n) is 2.01. The van der Waals surface area contributed by atoms with Crippen molar-refractivity contribution in [2.75, 3.05) is 12.8 Å². The molecule has 0 saturated heterocycles. The number of hydrogen-bond donors (Lipinski definition) is 1. The Morgan fingerprint density at radius 2 is 1.90 bits per heavy atom. The lowest BCUT2D eigenvalue weighted by Gasteiger charge is -2.09. The molecule has 0 aromatic heterocycles. The molecule has 0 aliphatic heterocycles.